The molecule has 1 saturated heterocycles. The summed E-state index contributed by atoms with van der Waals surface area (Å²) >= 11 is 0. The number of hydrogen-bond donors (Lipinski definition) is 2. The average molecular weight is 349 g/mol. The fourth-order valence-corrected chi connectivity index (χ4v) is 4.13. The molecule has 2 aliphatic heterocycles. The highest BCUT2D eigenvalue weighted by Crippen LogP contribution is 2.41. The van der Waals surface area contributed by atoms with Gasteiger partial charge in [0.25, 0.3) is 5.91 Å². The molecule has 1 fully saturated rings. The van der Waals surface area contributed by atoms with Crippen LogP contribution < -0.4 is 16.0 Å². The fourth-order valence-electron chi connectivity index (χ4n) is 4.13. The number of anilines is 2. The third-order valence-electron chi connectivity index (χ3n) is 5.64. The van der Waals surface area contributed by atoms with Crippen molar-refractivity contribution in [3.63, 3.8) is 0 Å². The van der Waals surface area contributed by atoms with Gasteiger partial charge in [0.1, 0.15) is 0 Å². The molecule has 0 saturated carbocycles. The maximum absolute atomic E-state index is 13.2. The van der Waals surface area contributed by atoms with Crippen molar-refractivity contribution < 1.29 is 9.59 Å². The molecular weight excluding hydrogens is 326 g/mol. The summed E-state index contributed by atoms with van der Waals surface area (Å²) in [6.07, 6.45) is 2.18. The van der Waals surface area contributed by atoms with Crippen LogP contribution in [0.4, 0.5) is 11.4 Å². The highest BCUT2D eigenvalue weighted by Gasteiger charge is 2.45. The number of nitrogens with zero attached hydrogens (tertiary/aromatic N) is 1. The van der Waals surface area contributed by atoms with Crippen molar-refractivity contribution in [3.05, 3.63) is 59.2 Å². The number of nitrogen functional groups attached to an aromatic ring is 1. The first-order chi connectivity index (χ1) is 12.5. The van der Waals surface area contributed by atoms with Crippen LogP contribution in [0, 0.1) is 12.3 Å². The summed E-state index contributed by atoms with van der Waals surface area (Å²) in [6, 6.07) is 13.1. The summed E-state index contributed by atoms with van der Waals surface area (Å²) in [4.78, 5) is 27.6. The number of amides is 2. The molecule has 5 nitrogen and oxygen atoms in total. The van der Waals surface area contributed by atoms with E-state index in [1.807, 2.05) is 24.0 Å². The van der Waals surface area contributed by atoms with Crippen LogP contribution in [-0.4, -0.2) is 24.9 Å². The summed E-state index contributed by atoms with van der Waals surface area (Å²) in [7, 11) is 0. The van der Waals surface area contributed by atoms with Crippen LogP contribution in [0.1, 0.15) is 34.3 Å². The molecule has 134 valence electrons. The summed E-state index contributed by atoms with van der Waals surface area (Å²) in [5.41, 5.74) is 9.71. The van der Waals surface area contributed by atoms with Crippen molar-refractivity contribution >= 4 is 23.2 Å². The molecule has 0 aliphatic carbocycles. The van der Waals surface area contributed by atoms with E-state index in [9.17, 15) is 9.59 Å². The molecule has 0 radical (unpaired) electrons. The quantitative estimate of drug-likeness (QED) is 0.777. The van der Waals surface area contributed by atoms with Crippen molar-refractivity contribution in [2.45, 2.75) is 26.2 Å². The molecule has 1 spiro atoms. The minimum Gasteiger partial charge on any atom is -0.399 e. The number of carbonyl (C=O) groups is 2. The third-order valence-corrected chi connectivity index (χ3v) is 5.64. The van der Waals surface area contributed by atoms with Gasteiger partial charge in [0, 0.05) is 30.0 Å². The molecule has 2 aliphatic rings. The number of rotatable bonds is 1. The molecule has 0 aromatic heterocycles. The first-order valence-corrected chi connectivity index (χ1v) is 9.04. The normalized spacial score (nSPS) is 22.0. The van der Waals surface area contributed by atoms with Crippen molar-refractivity contribution in [3.8, 4) is 0 Å². The van der Waals surface area contributed by atoms with E-state index in [1.54, 1.807) is 24.3 Å². The first-order valence-electron chi connectivity index (χ1n) is 9.04. The van der Waals surface area contributed by atoms with Gasteiger partial charge >= 0.3 is 0 Å². The maximum atomic E-state index is 13.2. The molecule has 2 aromatic carbocycles. The van der Waals surface area contributed by atoms with Gasteiger partial charge < -0.3 is 16.0 Å². The Balaban J connectivity index is 1.76. The van der Waals surface area contributed by atoms with Crippen LogP contribution in [0.2, 0.25) is 0 Å². The minimum atomic E-state index is -0.404. The zero-order valence-electron chi connectivity index (χ0n) is 14.9. The minimum absolute atomic E-state index is 0.0504. The second-order valence-corrected chi connectivity index (χ2v) is 7.42. The molecule has 2 amide bonds. The number of nitrogens with two attached hydrogens (primary N) is 1. The largest absolute Gasteiger partial charge is 0.399 e. The zero-order valence-corrected chi connectivity index (χ0v) is 14.9. The van der Waals surface area contributed by atoms with Gasteiger partial charge in [0.2, 0.25) is 5.91 Å². The molecule has 2 heterocycles. The molecule has 26 heavy (non-hydrogen) atoms. The van der Waals surface area contributed by atoms with E-state index in [4.69, 9.17) is 5.73 Å². The standard InChI is InChI=1S/C21H23N3O2/c1-14-2-7-18-16(12-14)13-21(8-10-23-20(21)26)9-11-24(18)19(25)15-3-5-17(22)6-4-15/h2-7,12H,8-11,13,22H2,1H3,(H,23,26). The Hall–Kier alpha value is -2.82. The van der Waals surface area contributed by atoms with Crippen molar-refractivity contribution in [1.29, 1.82) is 0 Å². The van der Waals surface area contributed by atoms with Crippen molar-refractivity contribution in [1.82, 2.24) is 5.32 Å². The van der Waals surface area contributed by atoms with Gasteiger partial charge in [-0.2, -0.15) is 0 Å². The Morgan fingerprint density at radius 2 is 1.92 bits per heavy atom. The summed E-state index contributed by atoms with van der Waals surface area (Å²) in [6.45, 7) is 3.29. The van der Waals surface area contributed by atoms with Gasteiger partial charge in [0.05, 0.1) is 5.41 Å². The molecule has 5 heteroatoms. The van der Waals surface area contributed by atoms with Gasteiger partial charge in [-0.25, -0.2) is 0 Å². The Bertz CT molecular complexity index is 875. The molecule has 0 bridgehead atoms. The van der Waals surface area contributed by atoms with E-state index in [2.05, 4.69) is 11.4 Å². The predicted octanol–water partition coefficient (Wildman–Crippen LogP) is 2.68. The number of carbonyl (C=O) groups excluding carboxylic acids is 2. The van der Waals surface area contributed by atoms with Crippen molar-refractivity contribution in [2.24, 2.45) is 5.41 Å². The van der Waals surface area contributed by atoms with E-state index < -0.39 is 5.41 Å². The van der Waals surface area contributed by atoms with Crippen LogP contribution >= 0.6 is 0 Å². The predicted molar refractivity (Wildman–Crippen MR) is 102 cm³/mol. The number of fused-ring (bicyclic) bond motifs is 1. The Labute approximate surface area is 153 Å². The summed E-state index contributed by atoms with van der Waals surface area (Å²) in [5, 5.41) is 2.98. The Morgan fingerprint density at radius 1 is 1.15 bits per heavy atom. The lowest BCUT2D eigenvalue weighted by Crippen LogP contribution is -2.36. The van der Waals surface area contributed by atoms with E-state index in [-0.39, 0.29) is 11.8 Å². The second kappa shape index (κ2) is 6.16. The molecule has 2 aromatic rings. The lowest BCUT2D eigenvalue weighted by Gasteiger charge is -2.25. The van der Waals surface area contributed by atoms with Crippen LogP contribution in [0.15, 0.2) is 42.5 Å². The fraction of sp³-hybridized carbons (Fsp3) is 0.333. The Kier molecular flexibility index (Phi) is 3.94. The molecular formula is C21H23N3O2. The van der Waals surface area contributed by atoms with E-state index in [1.165, 1.54) is 0 Å². The average Bonchev–Trinajstić information content (AvgIpc) is 2.88. The van der Waals surface area contributed by atoms with Crippen LogP contribution in [0.5, 0.6) is 0 Å². The summed E-state index contributed by atoms with van der Waals surface area (Å²) in [5.74, 6) is 0.0669. The monoisotopic (exact) mass is 349 g/mol. The highest BCUT2D eigenvalue weighted by molar-refractivity contribution is 6.07. The lowest BCUT2D eigenvalue weighted by atomic mass is 9.78. The number of aryl methyl sites for hydroxylation is 1. The molecule has 1 unspecified atom stereocenters. The Morgan fingerprint density at radius 3 is 2.62 bits per heavy atom. The molecule has 4 rings (SSSR count). The maximum Gasteiger partial charge on any atom is 0.258 e. The van der Waals surface area contributed by atoms with E-state index in [0.29, 0.717) is 37.2 Å². The van der Waals surface area contributed by atoms with Gasteiger partial charge in [-0.3, -0.25) is 9.59 Å². The summed E-state index contributed by atoms with van der Waals surface area (Å²) < 4.78 is 0. The number of hydrogen-bond acceptors (Lipinski definition) is 3. The van der Waals surface area contributed by atoms with Crippen LogP contribution in [0.25, 0.3) is 0 Å². The smallest absolute Gasteiger partial charge is 0.258 e. The third kappa shape index (κ3) is 2.73. The van der Waals surface area contributed by atoms with Crippen LogP contribution in [-0.2, 0) is 11.2 Å². The topological polar surface area (TPSA) is 75.4 Å². The number of nitrogens with one attached hydrogen (secondary N) is 1. The van der Waals surface area contributed by atoms with Crippen LogP contribution in [0.3, 0.4) is 0 Å². The molecule has 1 atom stereocenters. The van der Waals surface area contributed by atoms with Gasteiger partial charge in [-0.15, -0.1) is 0 Å². The first kappa shape index (κ1) is 16.6. The number of benzene rings is 2. The van der Waals surface area contributed by atoms with E-state index in [0.717, 1.165) is 23.2 Å². The van der Waals surface area contributed by atoms with Gasteiger partial charge in [-0.05, 0) is 62.1 Å². The second-order valence-electron chi connectivity index (χ2n) is 7.42. The molecule has 3 N–H and O–H groups in total. The SMILES string of the molecule is Cc1ccc2c(c1)CC1(CCNC1=O)CCN2C(=O)c1ccc(N)cc1. The van der Waals surface area contributed by atoms with E-state index >= 15 is 0 Å². The highest BCUT2D eigenvalue weighted by atomic mass is 16.2. The lowest BCUT2D eigenvalue weighted by molar-refractivity contribution is -0.127. The van der Waals surface area contributed by atoms with Crippen molar-refractivity contribution in [2.75, 3.05) is 23.7 Å². The van der Waals surface area contributed by atoms with Gasteiger partial charge in [0.15, 0.2) is 0 Å². The van der Waals surface area contributed by atoms with Gasteiger partial charge in [-0.1, -0.05) is 17.7 Å². The zero-order chi connectivity index (χ0) is 18.3.